The third-order valence-corrected chi connectivity index (χ3v) is 3.22. The quantitative estimate of drug-likeness (QED) is 0.744. The number of carboxylic acids is 1. The first kappa shape index (κ1) is 15.5. The van der Waals surface area contributed by atoms with Crippen molar-refractivity contribution in [3.8, 4) is 34.3 Å². The van der Waals surface area contributed by atoms with Crippen molar-refractivity contribution in [2.75, 3.05) is 13.7 Å². The zero-order valence-electron chi connectivity index (χ0n) is 12.8. The highest BCUT2D eigenvalue weighted by molar-refractivity contribution is 5.69. The van der Waals surface area contributed by atoms with E-state index in [9.17, 15) is 4.79 Å². The minimum Gasteiger partial charge on any atom is -0.496 e. The van der Waals surface area contributed by atoms with Crippen molar-refractivity contribution in [1.82, 2.24) is 10.1 Å². The Morgan fingerprint density at radius 2 is 2.04 bits per heavy atom. The van der Waals surface area contributed by atoms with Crippen LogP contribution in [-0.2, 0) is 4.79 Å². The number of ether oxygens (including phenoxy) is 2. The number of aliphatic carboxylic acids is 1. The van der Waals surface area contributed by atoms with Gasteiger partial charge in [0.05, 0.1) is 12.7 Å². The zero-order chi connectivity index (χ0) is 16.9. The van der Waals surface area contributed by atoms with Crippen LogP contribution in [0.1, 0.15) is 0 Å². The lowest BCUT2D eigenvalue weighted by atomic mass is 10.2. The molecule has 3 aromatic rings. The lowest BCUT2D eigenvalue weighted by Crippen LogP contribution is -2.09. The first-order valence-corrected chi connectivity index (χ1v) is 7.09. The molecule has 2 aromatic carbocycles. The summed E-state index contributed by atoms with van der Waals surface area (Å²) < 4.78 is 15.7. The fourth-order valence-corrected chi connectivity index (χ4v) is 2.14. The van der Waals surface area contributed by atoms with Crippen LogP contribution in [0.25, 0.3) is 22.8 Å². The van der Waals surface area contributed by atoms with Crippen LogP contribution >= 0.6 is 0 Å². The van der Waals surface area contributed by atoms with Crippen molar-refractivity contribution in [1.29, 1.82) is 0 Å². The van der Waals surface area contributed by atoms with Crippen molar-refractivity contribution in [2.45, 2.75) is 0 Å². The van der Waals surface area contributed by atoms with E-state index in [1.165, 1.54) is 0 Å². The van der Waals surface area contributed by atoms with Gasteiger partial charge in [-0.15, -0.1) is 0 Å². The molecule has 0 atom stereocenters. The molecule has 0 spiro atoms. The second-order valence-corrected chi connectivity index (χ2v) is 4.83. The molecule has 122 valence electrons. The molecule has 0 bridgehead atoms. The van der Waals surface area contributed by atoms with Crippen molar-refractivity contribution in [3.05, 3.63) is 48.5 Å². The maximum absolute atomic E-state index is 10.6. The van der Waals surface area contributed by atoms with E-state index < -0.39 is 12.6 Å². The molecule has 0 amide bonds. The van der Waals surface area contributed by atoms with E-state index in [0.717, 1.165) is 0 Å². The predicted octanol–water partition coefficient (Wildman–Crippen LogP) is 2.88. The van der Waals surface area contributed by atoms with Crippen molar-refractivity contribution in [2.24, 2.45) is 0 Å². The smallest absolute Gasteiger partial charge is 0.341 e. The Labute approximate surface area is 137 Å². The van der Waals surface area contributed by atoms with Gasteiger partial charge in [-0.2, -0.15) is 4.98 Å². The lowest BCUT2D eigenvalue weighted by molar-refractivity contribution is -0.139. The molecule has 3 rings (SSSR count). The number of nitrogens with zero attached hydrogens (tertiary/aromatic N) is 2. The first-order chi connectivity index (χ1) is 11.7. The summed E-state index contributed by atoms with van der Waals surface area (Å²) >= 11 is 0. The van der Waals surface area contributed by atoms with E-state index >= 15 is 0 Å². The monoisotopic (exact) mass is 326 g/mol. The molecule has 0 radical (unpaired) electrons. The maximum Gasteiger partial charge on any atom is 0.341 e. The van der Waals surface area contributed by atoms with Crippen molar-refractivity contribution < 1.29 is 23.9 Å². The molecule has 0 fully saturated rings. The second-order valence-electron chi connectivity index (χ2n) is 4.83. The Morgan fingerprint density at radius 3 is 2.83 bits per heavy atom. The third-order valence-electron chi connectivity index (χ3n) is 3.22. The fraction of sp³-hybridized carbons (Fsp3) is 0.118. The average Bonchev–Trinajstić information content (AvgIpc) is 3.10. The molecular formula is C17H14N2O5. The van der Waals surface area contributed by atoms with Gasteiger partial charge in [0.1, 0.15) is 11.5 Å². The summed E-state index contributed by atoms with van der Waals surface area (Å²) in [6.07, 6.45) is 0. The summed E-state index contributed by atoms with van der Waals surface area (Å²) in [5, 5.41) is 12.6. The van der Waals surface area contributed by atoms with Gasteiger partial charge in [-0.3, -0.25) is 0 Å². The van der Waals surface area contributed by atoms with Crippen LogP contribution < -0.4 is 9.47 Å². The van der Waals surface area contributed by atoms with Crippen LogP contribution in [0.3, 0.4) is 0 Å². The number of carbonyl (C=O) groups is 1. The van der Waals surface area contributed by atoms with Gasteiger partial charge in [-0.1, -0.05) is 29.4 Å². The van der Waals surface area contributed by atoms with Gasteiger partial charge in [0, 0.05) is 5.56 Å². The van der Waals surface area contributed by atoms with Crippen LogP contribution in [0.15, 0.2) is 53.1 Å². The normalized spacial score (nSPS) is 10.4. The van der Waals surface area contributed by atoms with E-state index in [1.807, 2.05) is 18.2 Å². The van der Waals surface area contributed by atoms with Crippen LogP contribution in [0.5, 0.6) is 11.5 Å². The van der Waals surface area contributed by atoms with Gasteiger partial charge in [-0.05, 0) is 24.3 Å². The Kier molecular flexibility index (Phi) is 4.42. The zero-order valence-corrected chi connectivity index (χ0v) is 12.8. The standard InChI is InChI=1S/C17H14N2O5/c1-22-14-8-3-2-7-13(14)17-18-16(19-24-17)11-5-4-6-12(9-11)23-10-15(20)21/h2-9H,10H2,1H3,(H,20,21). The Morgan fingerprint density at radius 1 is 1.21 bits per heavy atom. The average molecular weight is 326 g/mol. The van der Waals surface area contributed by atoms with Gasteiger partial charge >= 0.3 is 5.97 Å². The summed E-state index contributed by atoms with van der Waals surface area (Å²) in [5.74, 6) is 0.708. The fourth-order valence-electron chi connectivity index (χ4n) is 2.14. The van der Waals surface area contributed by atoms with Gasteiger partial charge in [0.25, 0.3) is 5.89 Å². The molecule has 24 heavy (non-hydrogen) atoms. The van der Waals surface area contributed by atoms with Crippen LogP contribution in [-0.4, -0.2) is 34.9 Å². The number of para-hydroxylation sites is 1. The molecule has 0 aliphatic rings. The van der Waals surface area contributed by atoms with E-state index in [2.05, 4.69) is 10.1 Å². The highest BCUT2D eigenvalue weighted by Crippen LogP contribution is 2.30. The molecule has 7 heteroatoms. The van der Waals surface area contributed by atoms with Crippen molar-refractivity contribution in [3.63, 3.8) is 0 Å². The molecule has 1 aromatic heterocycles. The molecule has 1 N–H and O–H groups in total. The molecular weight excluding hydrogens is 312 g/mol. The highest BCUT2D eigenvalue weighted by Gasteiger charge is 2.14. The Hall–Kier alpha value is -3.35. The first-order valence-electron chi connectivity index (χ1n) is 7.09. The second kappa shape index (κ2) is 6.82. The van der Waals surface area contributed by atoms with Crippen LogP contribution in [0.2, 0.25) is 0 Å². The summed E-state index contributed by atoms with van der Waals surface area (Å²) in [6.45, 7) is -0.415. The summed E-state index contributed by atoms with van der Waals surface area (Å²) in [4.78, 5) is 14.9. The molecule has 0 saturated carbocycles. The predicted molar refractivity (Wildman–Crippen MR) is 84.9 cm³/mol. The minimum absolute atomic E-state index is 0.333. The van der Waals surface area contributed by atoms with E-state index in [-0.39, 0.29) is 0 Å². The Balaban J connectivity index is 1.88. The third kappa shape index (κ3) is 3.35. The molecule has 0 aliphatic heterocycles. The van der Waals surface area contributed by atoms with Gasteiger partial charge in [0.15, 0.2) is 6.61 Å². The molecule has 0 saturated heterocycles. The largest absolute Gasteiger partial charge is 0.496 e. The molecule has 0 aliphatic carbocycles. The van der Waals surface area contributed by atoms with E-state index in [1.54, 1.807) is 37.4 Å². The van der Waals surface area contributed by atoms with Gasteiger partial charge < -0.3 is 19.1 Å². The molecule has 7 nitrogen and oxygen atoms in total. The van der Waals surface area contributed by atoms with Gasteiger partial charge in [0.2, 0.25) is 5.82 Å². The number of rotatable bonds is 6. The number of methoxy groups -OCH3 is 1. The van der Waals surface area contributed by atoms with Crippen LogP contribution in [0, 0.1) is 0 Å². The maximum atomic E-state index is 10.6. The molecule has 0 unspecified atom stereocenters. The highest BCUT2D eigenvalue weighted by atomic mass is 16.5. The topological polar surface area (TPSA) is 94.7 Å². The van der Waals surface area contributed by atoms with Gasteiger partial charge in [-0.25, -0.2) is 4.79 Å². The number of hydrogen-bond acceptors (Lipinski definition) is 6. The van der Waals surface area contributed by atoms with E-state index in [0.29, 0.717) is 34.3 Å². The summed E-state index contributed by atoms with van der Waals surface area (Å²) in [7, 11) is 1.57. The van der Waals surface area contributed by atoms with Crippen LogP contribution in [0.4, 0.5) is 0 Å². The number of carboxylic acid groups (broad SMARTS) is 1. The lowest BCUT2D eigenvalue weighted by Gasteiger charge is -2.04. The molecule has 1 heterocycles. The summed E-state index contributed by atoms with van der Waals surface area (Å²) in [5.41, 5.74) is 1.35. The Bertz CT molecular complexity index is 859. The summed E-state index contributed by atoms with van der Waals surface area (Å²) in [6, 6.07) is 14.1. The SMILES string of the molecule is COc1ccccc1-c1nc(-c2cccc(OCC(=O)O)c2)no1. The minimum atomic E-state index is -1.04. The number of aromatic nitrogens is 2. The number of benzene rings is 2. The number of hydrogen-bond donors (Lipinski definition) is 1. The van der Waals surface area contributed by atoms with E-state index in [4.69, 9.17) is 19.1 Å². The van der Waals surface area contributed by atoms with Crippen molar-refractivity contribution >= 4 is 5.97 Å².